The molecular formula is C15H13NOS. The Hall–Kier alpha value is -1.87. The highest BCUT2D eigenvalue weighted by molar-refractivity contribution is 7.99. The monoisotopic (exact) mass is 255 g/mol. The zero-order chi connectivity index (χ0) is 12.5. The number of ether oxygens (including phenoxy) is 1. The van der Waals surface area contributed by atoms with Gasteiger partial charge in [0.25, 0.3) is 0 Å². The number of benzene rings is 2. The zero-order valence-electron chi connectivity index (χ0n) is 10.1. The predicted octanol–water partition coefficient (Wildman–Crippen LogP) is 4.51. The molecule has 0 unspecified atom stereocenters. The number of methoxy groups -OCH3 is 1. The quantitative estimate of drug-likeness (QED) is 0.681. The van der Waals surface area contributed by atoms with Crippen molar-refractivity contribution < 1.29 is 4.74 Å². The molecule has 0 bridgehead atoms. The molecule has 2 aromatic carbocycles. The van der Waals surface area contributed by atoms with Gasteiger partial charge in [-0.05, 0) is 24.3 Å². The first-order chi connectivity index (χ1) is 8.78. The summed E-state index contributed by atoms with van der Waals surface area (Å²) >= 11 is 1.78. The van der Waals surface area contributed by atoms with E-state index in [1.165, 1.54) is 9.79 Å². The Morgan fingerprint density at radius 1 is 1.11 bits per heavy atom. The lowest BCUT2D eigenvalue weighted by Crippen LogP contribution is -2.00. The molecule has 0 amide bonds. The molecule has 1 heterocycles. The largest absolute Gasteiger partial charge is 0.497 e. The van der Waals surface area contributed by atoms with Crippen LogP contribution in [0.4, 0.5) is 11.4 Å². The topological polar surface area (TPSA) is 21.3 Å². The van der Waals surface area contributed by atoms with Gasteiger partial charge in [0.15, 0.2) is 0 Å². The summed E-state index contributed by atoms with van der Waals surface area (Å²) in [6.07, 6.45) is 0. The molecule has 1 aliphatic rings. The molecule has 90 valence electrons. The highest BCUT2D eigenvalue weighted by Gasteiger charge is 2.15. The summed E-state index contributed by atoms with van der Waals surface area (Å²) in [6, 6.07) is 14.5. The van der Waals surface area contributed by atoms with Crippen LogP contribution in [-0.4, -0.2) is 7.11 Å². The zero-order valence-corrected chi connectivity index (χ0v) is 10.9. The molecule has 1 N–H and O–H groups in total. The van der Waals surface area contributed by atoms with Gasteiger partial charge in [-0.3, -0.25) is 0 Å². The standard InChI is InChI=1S/C15H13NOS/c1-10(17-2)11-7-8-15-13(9-11)16-12-5-3-4-6-14(12)18-15/h3-9,16H,1H2,2H3. The van der Waals surface area contributed by atoms with E-state index in [0.717, 1.165) is 16.9 Å². The third-order valence-corrected chi connectivity index (χ3v) is 4.08. The van der Waals surface area contributed by atoms with E-state index < -0.39 is 0 Å². The fourth-order valence-electron chi connectivity index (χ4n) is 1.93. The molecule has 18 heavy (non-hydrogen) atoms. The van der Waals surface area contributed by atoms with Crippen LogP contribution in [0.15, 0.2) is 58.8 Å². The molecule has 1 aliphatic heterocycles. The van der Waals surface area contributed by atoms with Gasteiger partial charge in [-0.1, -0.05) is 36.5 Å². The normalized spacial score (nSPS) is 12.1. The van der Waals surface area contributed by atoms with E-state index in [9.17, 15) is 0 Å². The lowest BCUT2D eigenvalue weighted by molar-refractivity contribution is 0.371. The van der Waals surface area contributed by atoms with Gasteiger partial charge < -0.3 is 10.1 Å². The highest BCUT2D eigenvalue weighted by Crippen LogP contribution is 2.44. The Balaban J connectivity index is 2.01. The summed E-state index contributed by atoms with van der Waals surface area (Å²) in [6.45, 7) is 3.88. The summed E-state index contributed by atoms with van der Waals surface area (Å²) in [5.74, 6) is 0.684. The molecule has 2 nitrogen and oxygen atoms in total. The maximum absolute atomic E-state index is 5.17. The highest BCUT2D eigenvalue weighted by atomic mass is 32.2. The van der Waals surface area contributed by atoms with Crippen molar-refractivity contribution >= 4 is 28.9 Å². The molecule has 0 saturated heterocycles. The van der Waals surface area contributed by atoms with Gasteiger partial charge in [-0.25, -0.2) is 0 Å². The smallest absolute Gasteiger partial charge is 0.118 e. The number of para-hydroxylation sites is 1. The van der Waals surface area contributed by atoms with E-state index in [-0.39, 0.29) is 0 Å². The maximum atomic E-state index is 5.17. The number of anilines is 2. The van der Waals surface area contributed by atoms with Crippen LogP contribution in [-0.2, 0) is 4.74 Å². The van der Waals surface area contributed by atoms with Crippen LogP contribution in [0.3, 0.4) is 0 Å². The van der Waals surface area contributed by atoms with Crippen molar-refractivity contribution in [2.45, 2.75) is 9.79 Å². The van der Waals surface area contributed by atoms with Gasteiger partial charge in [0.05, 0.1) is 18.5 Å². The van der Waals surface area contributed by atoms with Crippen LogP contribution in [0.25, 0.3) is 5.76 Å². The van der Waals surface area contributed by atoms with Gasteiger partial charge in [-0.2, -0.15) is 0 Å². The number of rotatable bonds is 2. The van der Waals surface area contributed by atoms with E-state index in [0.29, 0.717) is 5.76 Å². The summed E-state index contributed by atoms with van der Waals surface area (Å²) in [4.78, 5) is 2.48. The molecular weight excluding hydrogens is 242 g/mol. The molecule has 0 spiro atoms. The summed E-state index contributed by atoms with van der Waals surface area (Å²) in [7, 11) is 1.64. The van der Waals surface area contributed by atoms with Crippen LogP contribution in [0, 0.1) is 0 Å². The number of hydrogen-bond acceptors (Lipinski definition) is 3. The molecule has 0 saturated carbocycles. The lowest BCUT2D eigenvalue weighted by Gasteiger charge is -2.21. The Kier molecular flexibility index (Phi) is 2.76. The molecule has 2 aromatic rings. The van der Waals surface area contributed by atoms with Crippen molar-refractivity contribution in [2.24, 2.45) is 0 Å². The minimum atomic E-state index is 0.684. The van der Waals surface area contributed by atoms with Gasteiger partial charge >= 0.3 is 0 Å². The Labute approximate surface area is 111 Å². The lowest BCUT2D eigenvalue weighted by atomic mass is 10.1. The minimum absolute atomic E-state index is 0.684. The average molecular weight is 255 g/mol. The molecule has 0 fully saturated rings. The Morgan fingerprint density at radius 3 is 2.72 bits per heavy atom. The second-order valence-corrected chi connectivity index (χ2v) is 5.15. The van der Waals surface area contributed by atoms with Crippen LogP contribution in [0.2, 0.25) is 0 Å². The first kappa shape index (κ1) is 11.2. The minimum Gasteiger partial charge on any atom is -0.497 e. The third-order valence-electron chi connectivity index (χ3n) is 2.92. The van der Waals surface area contributed by atoms with Gasteiger partial charge in [0.2, 0.25) is 0 Å². The van der Waals surface area contributed by atoms with Crippen LogP contribution >= 0.6 is 11.8 Å². The van der Waals surface area contributed by atoms with E-state index in [2.05, 4.69) is 42.2 Å². The summed E-state index contributed by atoms with van der Waals surface area (Å²) < 4.78 is 5.17. The SMILES string of the molecule is C=C(OC)c1ccc2c(c1)Nc1ccccc1S2. The summed E-state index contributed by atoms with van der Waals surface area (Å²) in [5, 5.41) is 3.44. The Morgan fingerprint density at radius 2 is 1.89 bits per heavy atom. The van der Waals surface area contributed by atoms with Crippen LogP contribution < -0.4 is 5.32 Å². The molecule has 3 heteroatoms. The first-order valence-corrected chi connectivity index (χ1v) is 6.51. The van der Waals surface area contributed by atoms with E-state index in [4.69, 9.17) is 4.74 Å². The predicted molar refractivity (Wildman–Crippen MR) is 76.3 cm³/mol. The van der Waals surface area contributed by atoms with E-state index in [1.807, 2.05) is 12.1 Å². The molecule has 0 radical (unpaired) electrons. The van der Waals surface area contributed by atoms with Crippen molar-refractivity contribution in [3.05, 3.63) is 54.6 Å². The molecule has 0 aromatic heterocycles. The molecule has 0 atom stereocenters. The van der Waals surface area contributed by atoms with Crippen molar-refractivity contribution in [1.29, 1.82) is 0 Å². The fourth-order valence-corrected chi connectivity index (χ4v) is 2.90. The van der Waals surface area contributed by atoms with Crippen molar-refractivity contribution in [2.75, 3.05) is 12.4 Å². The summed E-state index contributed by atoms with van der Waals surface area (Å²) in [5.41, 5.74) is 3.26. The third kappa shape index (κ3) is 1.87. The van der Waals surface area contributed by atoms with E-state index in [1.54, 1.807) is 18.9 Å². The maximum Gasteiger partial charge on any atom is 0.118 e. The molecule has 0 aliphatic carbocycles. The second kappa shape index (κ2) is 4.42. The Bertz CT molecular complexity index is 622. The van der Waals surface area contributed by atoms with Gasteiger partial charge in [-0.15, -0.1) is 0 Å². The first-order valence-electron chi connectivity index (χ1n) is 5.69. The number of hydrogen-bond donors (Lipinski definition) is 1. The second-order valence-electron chi connectivity index (χ2n) is 4.06. The van der Waals surface area contributed by atoms with Crippen molar-refractivity contribution in [3.63, 3.8) is 0 Å². The van der Waals surface area contributed by atoms with Gasteiger partial charge in [0.1, 0.15) is 5.76 Å². The number of nitrogens with one attached hydrogen (secondary N) is 1. The van der Waals surface area contributed by atoms with Crippen LogP contribution in [0.5, 0.6) is 0 Å². The van der Waals surface area contributed by atoms with Gasteiger partial charge in [0, 0.05) is 15.4 Å². The van der Waals surface area contributed by atoms with Crippen LogP contribution in [0.1, 0.15) is 5.56 Å². The number of fused-ring (bicyclic) bond motifs is 2. The van der Waals surface area contributed by atoms with Crippen molar-refractivity contribution in [1.82, 2.24) is 0 Å². The van der Waals surface area contributed by atoms with E-state index >= 15 is 0 Å². The molecule has 3 rings (SSSR count). The average Bonchev–Trinajstić information content (AvgIpc) is 2.43. The fraction of sp³-hybridized carbons (Fsp3) is 0.0667. The van der Waals surface area contributed by atoms with Crippen molar-refractivity contribution in [3.8, 4) is 0 Å².